The number of aryl methyl sites for hydroxylation is 1. The molecule has 1 amide bonds. The smallest absolute Gasteiger partial charge is 0.264 e. The summed E-state index contributed by atoms with van der Waals surface area (Å²) in [4.78, 5) is 15.5. The first-order valence-electron chi connectivity index (χ1n) is 6.70. The second-order valence-electron chi connectivity index (χ2n) is 4.95. The van der Waals surface area contributed by atoms with Crippen molar-refractivity contribution in [3.05, 3.63) is 20.3 Å². The summed E-state index contributed by atoms with van der Waals surface area (Å²) in [5.74, 6) is 0.211. The van der Waals surface area contributed by atoms with E-state index in [1.807, 2.05) is 13.0 Å². The van der Waals surface area contributed by atoms with Gasteiger partial charge in [0.2, 0.25) is 0 Å². The molecule has 2 nitrogen and oxygen atoms in total. The third-order valence-corrected chi connectivity index (χ3v) is 5.81. The molecule has 0 aromatic carbocycles. The van der Waals surface area contributed by atoms with Gasteiger partial charge in [-0.3, -0.25) is 4.79 Å². The van der Waals surface area contributed by atoms with Gasteiger partial charge in [0, 0.05) is 12.6 Å². The molecule has 2 rings (SSSR count). The predicted octanol–water partition coefficient (Wildman–Crippen LogP) is 4.61. The fourth-order valence-corrected chi connectivity index (χ4v) is 4.16. The average Bonchev–Trinajstić information content (AvgIpc) is 2.72. The fourth-order valence-electron chi connectivity index (χ4n) is 2.67. The molecule has 1 saturated carbocycles. The van der Waals surface area contributed by atoms with Crippen LogP contribution in [0.1, 0.15) is 54.3 Å². The summed E-state index contributed by atoms with van der Waals surface area (Å²) in [7, 11) is 0. The highest BCUT2D eigenvalue weighted by atomic mass is 79.9. The van der Waals surface area contributed by atoms with Gasteiger partial charge in [0.15, 0.2) is 0 Å². The summed E-state index contributed by atoms with van der Waals surface area (Å²) in [6, 6.07) is 2.46. The molecule has 1 aromatic rings. The molecule has 4 heteroatoms. The van der Waals surface area contributed by atoms with E-state index in [1.54, 1.807) is 11.3 Å². The highest BCUT2D eigenvalue weighted by Crippen LogP contribution is 2.30. The van der Waals surface area contributed by atoms with Crippen LogP contribution >= 0.6 is 27.3 Å². The minimum Gasteiger partial charge on any atom is -0.335 e. The molecule has 0 atom stereocenters. The molecule has 0 spiro atoms. The van der Waals surface area contributed by atoms with E-state index in [0.29, 0.717) is 6.04 Å². The standard InChI is InChI=1S/C14H20BrNOS/c1-3-16(11-7-5-4-6-8-11)14(17)12-9-10(2)13(15)18-12/h9,11H,3-8H2,1-2H3. The number of nitrogens with zero attached hydrogens (tertiary/aromatic N) is 1. The minimum absolute atomic E-state index is 0.211. The lowest BCUT2D eigenvalue weighted by Crippen LogP contribution is -2.40. The first-order chi connectivity index (χ1) is 8.63. The Balaban J connectivity index is 2.13. The van der Waals surface area contributed by atoms with Gasteiger partial charge < -0.3 is 4.90 Å². The first kappa shape index (κ1) is 14.1. The monoisotopic (exact) mass is 329 g/mol. The van der Waals surface area contributed by atoms with Crippen LogP contribution in [0.4, 0.5) is 0 Å². The molecule has 1 aliphatic rings. The average molecular weight is 330 g/mol. The van der Waals surface area contributed by atoms with Crippen LogP contribution in [-0.2, 0) is 0 Å². The number of hydrogen-bond acceptors (Lipinski definition) is 2. The van der Waals surface area contributed by atoms with E-state index < -0.39 is 0 Å². The van der Waals surface area contributed by atoms with Crippen LogP contribution in [0.3, 0.4) is 0 Å². The zero-order chi connectivity index (χ0) is 13.1. The molecule has 1 aliphatic carbocycles. The molecular weight excluding hydrogens is 310 g/mol. The summed E-state index contributed by atoms with van der Waals surface area (Å²) in [5.41, 5.74) is 1.16. The van der Waals surface area contributed by atoms with E-state index in [0.717, 1.165) is 20.8 Å². The summed E-state index contributed by atoms with van der Waals surface area (Å²) < 4.78 is 1.07. The molecule has 1 heterocycles. The number of halogens is 1. The van der Waals surface area contributed by atoms with Gasteiger partial charge in [0.1, 0.15) is 0 Å². The third-order valence-electron chi connectivity index (χ3n) is 3.69. The zero-order valence-corrected chi connectivity index (χ0v) is 13.4. The SMILES string of the molecule is CCN(C(=O)c1cc(C)c(Br)s1)C1CCCCC1. The lowest BCUT2D eigenvalue weighted by atomic mass is 9.94. The van der Waals surface area contributed by atoms with E-state index in [2.05, 4.69) is 27.8 Å². The van der Waals surface area contributed by atoms with Crippen LogP contribution in [0.5, 0.6) is 0 Å². The van der Waals surface area contributed by atoms with Gasteiger partial charge >= 0.3 is 0 Å². The maximum absolute atomic E-state index is 12.6. The molecule has 0 aliphatic heterocycles. The van der Waals surface area contributed by atoms with E-state index in [9.17, 15) is 4.79 Å². The Morgan fingerprint density at radius 1 is 1.44 bits per heavy atom. The van der Waals surface area contributed by atoms with E-state index in [4.69, 9.17) is 0 Å². The highest BCUT2D eigenvalue weighted by molar-refractivity contribution is 9.11. The molecule has 0 radical (unpaired) electrons. The second kappa shape index (κ2) is 6.20. The Labute approximate surface area is 122 Å². The molecule has 0 unspecified atom stereocenters. The highest BCUT2D eigenvalue weighted by Gasteiger charge is 2.26. The lowest BCUT2D eigenvalue weighted by molar-refractivity contribution is 0.0653. The van der Waals surface area contributed by atoms with Crippen molar-refractivity contribution in [2.45, 2.75) is 52.0 Å². The second-order valence-corrected chi connectivity index (χ2v) is 7.32. The van der Waals surface area contributed by atoms with Crippen LogP contribution in [0.15, 0.2) is 9.85 Å². The molecular formula is C14H20BrNOS. The molecule has 0 bridgehead atoms. The Hall–Kier alpha value is -0.350. The fraction of sp³-hybridized carbons (Fsp3) is 0.643. The summed E-state index contributed by atoms with van der Waals surface area (Å²) >= 11 is 5.05. The molecule has 1 aromatic heterocycles. The van der Waals surface area contributed by atoms with Crippen LogP contribution < -0.4 is 0 Å². The van der Waals surface area contributed by atoms with Crippen molar-refractivity contribution in [3.63, 3.8) is 0 Å². The Morgan fingerprint density at radius 2 is 2.11 bits per heavy atom. The van der Waals surface area contributed by atoms with Crippen LogP contribution in [0.25, 0.3) is 0 Å². The topological polar surface area (TPSA) is 20.3 Å². The number of carbonyl (C=O) groups excluding carboxylic acids is 1. The van der Waals surface area contributed by atoms with Crippen LogP contribution in [0.2, 0.25) is 0 Å². The Morgan fingerprint density at radius 3 is 2.61 bits per heavy atom. The molecule has 100 valence electrons. The van der Waals surface area contributed by atoms with Gasteiger partial charge in [0.05, 0.1) is 8.66 Å². The Bertz CT molecular complexity index is 404. The lowest BCUT2D eigenvalue weighted by Gasteiger charge is -2.33. The third kappa shape index (κ3) is 2.97. The quantitative estimate of drug-likeness (QED) is 0.792. The van der Waals surface area contributed by atoms with Gasteiger partial charge in [-0.25, -0.2) is 0 Å². The van der Waals surface area contributed by atoms with Gasteiger partial charge in [-0.15, -0.1) is 11.3 Å². The summed E-state index contributed by atoms with van der Waals surface area (Å²) in [6.07, 6.45) is 6.20. The van der Waals surface area contributed by atoms with Crippen molar-refractivity contribution in [2.75, 3.05) is 6.54 Å². The molecule has 0 N–H and O–H groups in total. The molecule has 18 heavy (non-hydrogen) atoms. The van der Waals surface area contributed by atoms with Gasteiger partial charge in [-0.2, -0.15) is 0 Å². The first-order valence-corrected chi connectivity index (χ1v) is 8.31. The Kier molecular flexibility index (Phi) is 4.84. The normalized spacial score (nSPS) is 16.8. The number of amides is 1. The van der Waals surface area contributed by atoms with E-state index >= 15 is 0 Å². The summed E-state index contributed by atoms with van der Waals surface area (Å²) in [6.45, 7) is 4.94. The summed E-state index contributed by atoms with van der Waals surface area (Å²) in [5, 5.41) is 0. The molecule has 0 saturated heterocycles. The van der Waals surface area contributed by atoms with Gasteiger partial charge in [-0.1, -0.05) is 19.3 Å². The van der Waals surface area contributed by atoms with Crippen LogP contribution in [0, 0.1) is 6.92 Å². The van der Waals surface area contributed by atoms with E-state index in [-0.39, 0.29) is 5.91 Å². The van der Waals surface area contributed by atoms with Crippen molar-refractivity contribution < 1.29 is 4.79 Å². The van der Waals surface area contributed by atoms with Crippen molar-refractivity contribution in [1.82, 2.24) is 4.90 Å². The maximum Gasteiger partial charge on any atom is 0.264 e. The minimum atomic E-state index is 0.211. The van der Waals surface area contributed by atoms with Gasteiger partial charge in [0.25, 0.3) is 5.91 Å². The number of rotatable bonds is 3. The van der Waals surface area contributed by atoms with Crippen LogP contribution in [-0.4, -0.2) is 23.4 Å². The number of thiophene rings is 1. The molecule has 1 fully saturated rings. The predicted molar refractivity (Wildman–Crippen MR) is 80.3 cm³/mol. The van der Waals surface area contributed by atoms with Crippen molar-refractivity contribution in [3.8, 4) is 0 Å². The number of carbonyl (C=O) groups is 1. The van der Waals surface area contributed by atoms with Crippen molar-refractivity contribution in [1.29, 1.82) is 0 Å². The van der Waals surface area contributed by atoms with Gasteiger partial charge in [-0.05, 0) is 54.2 Å². The maximum atomic E-state index is 12.6. The van der Waals surface area contributed by atoms with Crippen molar-refractivity contribution >= 4 is 33.2 Å². The van der Waals surface area contributed by atoms with Crippen molar-refractivity contribution in [2.24, 2.45) is 0 Å². The van der Waals surface area contributed by atoms with E-state index in [1.165, 1.54) is 32.1 Å². The number of hydrogen-bond donors (Lipinski definition) is 0. The zero-order valence-electron chi connectivity index (χ0n) is 11.0. The largest absolute Gasteiger partial charge is 0.335 e.